The molecule has 0 saturated heterocycles. The van der Waals surface area contributed by atoms with E-state index in [0.717, 1.165) is 16.8 Å². The number of anilines is 1. The molecule has 0 aromatic heterocycles. The molecule has 0 aliphatic carbocycles. The lowest BCUT2D eigenvalue weighted by molar-refractivity contribution is -0.149. The average Bonchev–Trinajstić information content (AvgIpc) is 2.47. The normalized spacial score (nSPS) is 20.9. The number of rotatable bonds is 3. The predicted octanol–water partition coefficient (Wildman–Crippen LogP) is 3.52. The number of benzene rings is 1. The number of aryl methyl sites for hydroxylation is 1. The molecule has 4 nitrogen and oxygen atoms in total. The highest BCUT2D eigenvalue weighted by atomic mass is 16.5. The zero-order valence-electron chi connectivity index (χ0n) is 13.2. The molecule has 114 valence electrons. The third-order valence-electron chi connectivity index (χ3n) is 3.92. The number of hydrogen-bond donors (Lipinski definition) is 0. The lowest BCUT2D eigenvalue weighted by Gasteiger charge is -2.39. The summed E-state index contributed by atoms with van der Waals surface area (Å²) in [6.45, 7) is 7.66. The monoisotopic (exact) mass is 289 g/mol. The van der Waals surface area contributed by atoms with E-state index in [4.69, 9.17) is 4.74 Å². The summed E-state index contributed by atoms with van der Waals surface area (Å²) in [6.07, 6.45) is 1.22. The van der Waals surface area contributed by atoms with Crippen LogP contribution < -0.4 is 4.90 Å². The van der Waals surface area contributed by atoms with Crippen LogP contribution in [0.4, 0.5) is 5.69 Å². The number of amides is 1. The first-order chi connectivity index (χ1) is 9.97. The molecule has 4 heteroatoms. The summed E-state index contributed by atoms with van der Waals surface area (Å²) in [5.41, 5.74) is 2.92. The van der Waals surface area contributed by atoms with Crippen LogP contribution in [0, 0.1) is 6.92 Å². The fraction of sp³-hybridized carbons (Fsp3) is 0.529. The standard InChI is InChI=1S/C17H23NO3/c1-5-16(19)18-12(4)10-15(21-17(20)6-2)13-9-11(3)7-8-14(13)18/h7-9,12,15H,5-6,10H2,1-4H3/t12-,15+/m0/s1. The minimum Gasteiger partial charge on any atom is -0.457 e. The Hall–Kier alpha value is -1.84. The molecule has 0 radical (unpaired) electrons. The quantitative estimate of drug-likeness (QED) is 0.800. The first kappa shape index (κ1) is 15.5. The molecular weight excluding hydrogens is 266 g/mol. The molecule has 0 unspecified atom stereocenters. The molecule has 1 heterocycles. The van der Waals surface area contributed by atoms with Crippen LogP contribution in [0.15, 0.2) is 18.2 Å². The van der Waals surface area contributed by atoms with Crippen LogP contribution in [0.5, 0.6) is 0 Å². The molecule has 0 fully saturated rings. The van der Waals surface area contributed by atoms with Crippen LogP contribution in [0.25, 0.3) is 0 Å². The molecule has 21 heavy (non-hydrogen) atoms. The lowest BCUT2D eigenvalue weighted by atomic mass is 9.92. The average molecular weight is 289 g/mol. The summed E-state index contributed by atoms with van der Waals surface area (Å²) in [7, 11) is 0. The van der Waals surface area contributed by atoms with Crippen molar-refractivity contribution in [2.45, 2.75) is 59.1 Å². The molecule has 1 aliphatic rings. The van der Waals surface area contributed by atoms with Crippen molar-refractivity contribution in [2.75, 3.05) is 4.90 Å². The molecule has 1 amide bonds. The second kappa shape index (κ2) is 6.29. The summed E-state index contributed by atoms with van der Waals surface area (Å²) >= 11 is 0. The van der Waals surface area contributed by atoms with Gasteiger partial charge in [-0.3, -0.25) is 9.59 Å². The van der Waals surface area contributed by atoms with E-state index in [1.165, 1.54) is 0 Å². The zero-order valence-corrected chi connectivity index (χ0v) is 13.2. The van der Waals surface area contributed by atoms with Gasteiger partial charge in [-0.15, -0.1) is 0 Å². The second-order valence-electron chi connectivity index (χ2n) is 5.60. The van der Waals surface area contributed by atoms with Gasteiger partial charge in [-0.1, -0.05) is 31.5 Å². The van der Waals surface area contributed by atoms with Gasteiger partial charge in [-0.25, -0.2) is 0 Å². The van der Waals surface area contributed by atoms with E-state index in [1.54, 1.807) is 6.92 Å². The van der Waals surface area contributed by atoms with E-state index < -0.39 is 0 Å². The van der Waals surface area contributed by atoms with E-state index in [-0.39, 0.29) is 24.0 Å². The first-order valence-electron chi connectivity index (χ1n) is 7.60. The Morgan fingerprint density at radius 1 is 1.29 bits per heavy atom. The number of fused-ring (bicyclic) bond motifs is 1. The third-order valence-corrected chi connectivity index (χ3v) is 3.92. The van der Waals surface area contributed by atoms with Gasteiger partial charge in [0, 0.05) is 30.9 Å². The number of esters is 1. The minimum atomic E-state index is -0.261. The number of carbonyl (C=O) groups excluding carboxylic acids is 2. The van der Waals surface area contributed by atoms with Crippen molar-refractivity contribution in [3.8, 4) is 0 Å². The summed E-state index contributed by atoms with van der Waals surface area (Å²) in [5.74, 6) is -0.0946. The maximum absolute atomic E-state index is 12.2. The molecule has 1 aliphatic heterocycles. The van der Waals surface area contributed by atoms with Crippen molar-refractivity contribution in [1.29, 1.82) is 0 Å². The van der Waals surface area contributed by atoms with Crippen LogP contribution in [-0.2, 0) is 14.3 Å². The SMILES string of the molecule is CCC(=O)O[C@@H]1C[C@H](C)N(C(=O)CC)c2ccc(C)cc21. The topological polar surface area (TPSA) is 46.6 Å². The summed E-state index contributed by atoms with van der Waals surface area (Å²) in [5, 5.41) is 0. The molecule has 0 saturated carbocycles. The van der Waals surface area contributed by atoms with E-state index in [2.05, 4.69) is 0 Å². The number of ether oxygens (including phenoxy) is 1. The summed E-state index contributed by atoms with van der Waals surface area (Å²) < 4.78 is 5.58. The van der Waals surface area contributed by atoms with Crippen molar-refractivity contribution in [3.63, 3.8) is 0 Å². The number of hydrogen-bond acceptors (Lipinski definition) is 3. The van der Waals surface area contributed by atoms with Crippen LogP contribution in [-0.4, -0.2) is 17.9 Å². The molecule has 1 aromatic rings. The molecule has 1 aromatic carbocycles. The Balaban J connectivity index is 2.44. The van der Waals surface area contributed by atoms with Gasteiger partial charge in [0.05, 0.1) is 5.69 Å². The summed E-state index contributed by atoms with van der Waals surface area (Å²) in [4.78, 5) is 25.7. The Labute approximate surface area is 126 Å². The van der Waals surface area contributed by atoms with Gasteiger partial charge < -0.3 is 9.64 Å². The van der Waals surface area contributed by atoms with Gasteiger partial charge in [-0.05, 0) is 19.9 Å². The Bertz CT molecular complexity index is 553. The Morgan fingerprint density at radius 2 is 2.00 bits per heavy atom. The zero-order chi connectivity index (χ0) is 15.6. The fourth-order valence-electron chi connectivity index (χ4n) is 2.83. The molecular formula is C17H23NO3. The van der Waals surface area contributed by atoms with Crippen molar-refractivity contribution in [1.82, 2.24) is 0 Å². The largest absolute Gasteiger partial charge is 0.457 e. The Morgan fingerprint density at radius 3 is 2.62 bits per heavy atom. The summed E-state index contributed by atoms with van der Waals surface area (Å²) in [6, 6.07) is 6.00. The van der Waals surface area contributed by atoms with E-state index in [1.807, 2.05) is 43.9 Å². The molecule has 0 N–H and O–H groups in total. The van der Waals surface area contributed by atoms with Gasteiger partial charge >= 0.3 is 5.97 Å². The molecule has 2 rings (SSSR count). The maximum Gasteiger partial charge on any atom is 0.306 e. The maximum atomic E-state index is 12.2. The van der Waals surface area contributed by atoms with Gasteiger partial charge in [-0.2, -0.15) is 0 Å². The second-order valence-corrected chi connectivity index (χ2v) is 5.60. The van der Waals surface area contributed by atoms with Crippen LogP contribution in [0.3, 0.4) is 0 Å². The van der Waals surface area contributed by atoms with Crippen LogP contribution in [0.1, 0.15) is 57.3 Å². The predicted molar refractivity (Wildman–Crippen MR) is 82.2 cm³/mol. The highest BCUT2D eigenvalue weighted by Crippen LogP contribution is 2.40. The smallest absolute Gasteiger partial charge is 0.306 e. The number of carbonyl (C=O) groups is 2. The first-order valence-corrected chi connectivity index (χ1v) is 7.60. The lowest BCUT2D eigenvalue weighted by Crippen LogP contribution is -2.43. The van der Waals surface area contributed by atoms with Crippen LogP contribution >= 0.6 is 0 Å². The number of nitrogens with zero attached hydrogens (tertiary/aromatic N) is 1. The van der Waals surface area contributed by atoms with Crippen molar-refractivity contribution < 1.29 is 14.3 Å². The highest BCUT2D eigenvalue weighted by molar-refractivity contribution is 5.95. The van der Waals surface area contributed by atoms with Gasteiger partial charge in [0.2, 0.25) is 5.91 Å². The minimum absolute atomic E-state index is 0.0299. The molecule has 0 bridgehead atoms. The van der Waals surface area contributed by atoms with E-state index in [0.29, 0.717) is 19.3 Å². The van der Waals surface area contributed by atoms with Crippen molar-refractivity contribution in [3.05, 3.63) is 29.3 Å². The van der Waals surface area contributed by atoms with E-state index in [9.17, 15) is 9.59 Å². The Kier molecular flexibility index (Phi) is 4.66. The van der Waals surface area contributed by atoms with Crippen molar-refractivity contribution >= 4 is 17.6 Å². The van der Waals surface area contributed by atoms with Gasteiger partial charge in [0.25, 0.3) is 0 Å². The highest BCUT2D eigenvalue weighted by Gasteiger charge is 2.34. The molecule has 2 atom stereocenters. The fourth-order valence-corrected chi connectivity index (χ4v) is 2.83. The third kappa shape index (κ3) is 3.09. The van der Waals surface area contributed by atoms with Crippen LogP contribution in [0.2, 0.25) is 0 Å². The van der Waals surface area contributed by atoms with E-state index >= 15 is 0 Å². The van der Waals surface area contributed by atoms with Crippen molar-refractivity contribution in [2.24, 2.45) is 0 Å². The van der Waals surface area contributed by atoms with Gasteiger partial charge in [0.1, 0.15) is 6.10 Å². The molecule has 0 spiro atoms. The van der Waals surface area contributed by atoms with Gasteiger partial charge in [0.15, 0.2) is 0 Å².